The van der Waals surface area contributed by atoms with Gasteiger partial charge >= 0.3 is 0 Å². The molecule has 0 saturated carbocycles. The van der Waals surface area contributed by atoms with Crippen LogP contribution in [0.2, 0.25) is 0 Å². The first kappa shape index (κ1) is 11.5. The van der Waals surface area contributed by atoms with Gasteiger partial charge in [0.2, 0.25) is 0 Å². The third kappa shape index (κ3) is 2.05. The van der Waals surface area contributed by atoms with E-state index in [2.05, 4.69) is 26.2 Å². The van der Waals surface area contributed by atoms with Crippen molar-refractivity contribution in [2.45, 2.75) is 6.04 Å². The third-order valence-electron chi connectivity index (χ3n) is 3.76. The Balaban J connectivity index is 1.63. The number of anilines is 1. The quantitative estimate of drug-likeness (QED) is 0.795. The van der Waals surface area contributed by atoms with Gasteiger partial charge in [0.15, 0.2) is 5.69 Å². The predicted octanol–water partition coefficient (Wildman–Crippen LogP) is 0.0471. The van der Waals surface area contributed by atoms with Crippen LogP contribution in [0.1, 0.15) is 5.69 Å². The highest BCUT2D eigenvalue weighted by molar-refractivity contribution is 5.57. The third-order valence-corrected chi connectivity index (χ3v) is 3.76. The van der Waals surface area contributed by atoms with Gasteiger partial charge in [-0.15, -0.1) is 0 Å². The number of pyridine rings is 1. The maximum atomic E-state index is 9.04. The number of aromatic nitrogens is 1. The summed E-state index contributed by atoms with van der Waals surface area (Å²) in [6.07, 6.45) is 1.68. The Labute approximate surface area is 107 Å². The van der Waals surface area contributed by atoms with Crippen LogP contribution in [0.4, 0.5) is 5.69 Å². The van der Waals surface area contributed by atoms with E-state index >= 15 is 0 Å². The Morgan fingerprint density at radius 3 is 2.83 bits per heavy atom. The monoisotopic (exact) mass is 243 g/mol. The van der Waals surface area contributed by atoms with E-state index in [0.29, 0.717) is 11.7 Å². The first-order chi connectivity index (χ1) is 8.88. The zero-order chi connectivity index (χ0) is 12.4. The lowest BCUT2D eigenvalue weighted by Crippen LogP contribution is -2.63. The van der Waals surface area contributed by atoms with E-state index in [4.69, 9.17) is 5.26 Å². The second kappa shape index (κ2) is 4.92. The summed E-state index contributed by atoms with van der Waals surface area (Å²) >= 11 is 0. The van der Waals surface area contributed by atoms with Crippen LogP contribution in [0, 0.1) is 11.3 Å². The van der Waals surface area contributed by atoms with Crippen LogP contribution in [0.3, 0.4) is 0 Å². The molecule has 3 heterocycles. The Morgan fingerprint density at radius 1 is 1.33 bits per heavy atom. The van der Waals surface area contributed by atoms with Crippen LogP contribution in [-0.4, -0.2) is 55.2 Å². The molecule has 5 nitrogen and oxygen atoms in total. The van der Waals surface area contributed by atoms with Gasteiger partial charge < -0.3 is 10.2 Å². The molecule has 0 aromatic carbocycles. The number of hydrogen-bond donors (Lipinski definition) is 1. The molecule has 3 rings (SSSR count). The Kier molecular flexibility index (Phi) is 3.13. The second-order valence-electron chi connectivity index (χ2n) is 4.83. The lowest BCUT2D eigenvalue weighted by Gasteiger charge is -2.47. The zero-order valence-electron chi connectivity index (χ0n) is 10.3. The molecule has 2 saturated heterocycles. The largest absolute Gasteiger partial charge is 0.366 e. The number of nitrogens with zero attached hydrogens (tertiary/aromatic N) is 4. The SMILES string of the molecule is N#Cc1ncccc1N1CC(N2CCNCC2)C1. The van der Waals surface area contributed by atoms with Gasteiger partial charge in [-0.2, -0.15) is 5.26 Å². The summed E-state index contributed by atoms with van der Waals surface area (Å²) in [5.74, 6) is 0. The number of hydrogen-bond acceptors (Lipinski definition) is 5. The summed E-state index contributed by atoms with van der Waals surface area (Å²) in [4.78, 5) is 8.90. The van der Waals surface area contributed by atoms with Crippen LogP contribution in [0.15, 0.2) is 18.3 Å². The molecule has 0 spiro atoms. The van der Waals surface area contributed by atoms with Crippen molar-refractivity contribution in [3.63, 3.8) is 0 Å². The fourth-order valence-electron chi connectivity index (χ4n) is 2.67. The lowest BCUT2D eigenvalue weighted by molar-refractivity contribution is 0.147. The van der Waals surface area contributed by atoms with E-state index in [1.165, 1.54) is 0 Å². The smallest absolute Gasteiger partial charge is 0.163 e. The topological polar surface area (TPSA) is 55.2 Å². The van der Waals surface area contributed by atoms with E-state index in [9.17, 15) is 0 Å². The number of nitrogens with one attached hydrogen (secondary N) is 1. The Morgan fingerprint density at radius 2 is 2.11 bits per heavy atom. The molecule has 2 fully saturated rings. The molecule has 1 N–H and O–H groups in total. The molecule has 0 aliphatic carbocycles. The number of rotatable bonds is 2. The molecule has 1 aromatic heterocycles. The molecule has 2 aliphatic rings. The van der Waals surface area contributed by atoms with Crippen molar-refractivity contribution < 1.29 is 0 Å². The van der Waals surface area contributed by atoms with Crippen LogP contribution < -0.4 is 10.2 Å². The van der Waals surface area contributed by atoms with Crippen molar-refractivity contribution in [3.8, 4) is 6.07 Å². The molecule has 18 heavy (non-hydrogen) atoms. The predicted molar refractivity (Wildman–Crippen MR) is 69.4 cm³/mol. The molecule has 0 unspecified atom stereocenters. The van der Waals surface area contributed by atoms with Gasteiger partial charge in [0.25, 0.3) is 0 Å². The van der Waals surface area contributed by atoms with Crippen molar-refractivity contribution in [3.05, 3.63) is 24.0 Å². The first-order valence-electron chi connectivity index (χ1n) is 6.43. The van der Waals surface area contributed by atoms with Crippen LogP contribution >= 0.6 is 0 Å². The van der Waals surface area contributed by atoms with Crippen molar-refractivity contribution in [1.82, 2.24) is 15.2 Å². The van der Waals surface area contributed by atoms with Crippen molar-refractivity contribution in [2.75, 3.05) is 44.2 Å². The summed E-state index contributed by atoms with van der Waals surface area (Å²) in [5, 5.41) is 12.4. The lowest BCUT2D eigenvalue weighted by atomic mass is 10.0. The highest BCUT2D eigenvalue weighted by atomic mass is 15.3. The van der Waals surface area contributed by atoms with Gasteiger partial charge in [-0.25, -0.2) is 4.98 Å². The van der Waals surface area contributed by atoms with E-state index < -0.39 is 0 Å². The number of nitriles is 1. The van der Waals surface area contributed by atoms with Gasteiger partial charge in [0.1, 0.15) is 6.07 Å². The van der Waals surface area contributed by atoms with Crippen LogP contribution in [0.25, 0.3) is 0 Å². The molecule has 5 heteroatoms. The average molecular weight is 243 g/mol. The molecule has 0 radical (unpaired) electrons. The highest BCUT2D eigenvalue weighted by Gasteiger charge is 2.33. The van der Waals surface area contributed by atoms with Crippen molar-refractivity contribution >= 4 is 5.69 Å². The standard InChI is InChI=1S/C13H17N5/c14-8-12-13(2-1-3-16-12)18-9-11(10-18)17-6-4-15-5-7-17/h1-3,11,15H,4-7,9-10H2. The normalized spacial score (nSPS) is 21.4. The van der Waals surface area contributed by atoms with Gasteiger partial charge in [-0.3, -0.25) is 4.90 Å². The molecular weight excluding hydrogens is 226 g/mol. The molecule has 94 valence electrons. The van der Waals surface area contributed by atoms with Crippen molar-refractivity contribution in [2.24, 2.45) is 0 Å². The minimum atomic E-state index is 0.538. The highest BCUT2D eigenvalue weighted by Crippen LogP contribution is 2.25. The number of piperazine rings is 1. The maximum Gasteiger partial charge on any atom is 0.163 e. The second-order valence-corrected chi connectivity index (χ2v) is 4.83. The molecule has 0 amide bonds. The van der Waals surface area contributed by atoms with E-state index in [1.54, 1.807) is 6.20 Å². The summed E-state index contributed by atoms with van der Waals surface area (Å²) in [6, 6.07) is 6.68. The minimum absolute atomic E-state index is 0.538. The molecule has 0 atom stereocenters. The summed E-state index contributed by atoms with van der Waals surface area (Å²) in [7, 11) is 0. The summed E-state index contributed by atoms with van der Waals surface area (Å²) in [6.45, 7) is 6.48. The molecule has 0 bridgehead atoms. The van der Waals surface area contributed by atoms with Gasteiger partial charge in [0.05, 0.1) is 5.69 Å². The van der Waals surface area contributed by atoms with Crippen molar-refractivity contribution in [1.29, 1.82) is 5.26 Å². The van der Waals surface area contributed by atoms with Gasteiger partial charge in [-0.1, -0.05) is 0 Å². The molecular formula is C13H17N5. The first-order valence-corrected chi connectivity index (χ1v) is 6.43. The summed E-state index contributed by atoms with van der Waals surface area (Å²) < 4.78 is 0. The van der Waals surface area contributed by atoms with Gasteiger partial charge in [-0.05, 0) is 12.1 Å². The molecule has 1 aromatic rings. The van der Waals surface area contributed by atoms with E-state index in [0.717, 1.165) is 45.0 Å². The Hall–Kier alpha value is -1.64. The maximum absolute atomic E-state index is 9.04. The fourth-order valence-corrected chi connectivity index (χ4v) is 2.67. The molecule has 2 aliphatic heterocycles. The average Bonchev–Trinajstić information content (AvgIpc) is 2.39. The Bertz CT molecular complexity index is 455. The van der Waals surface area contributed by atoms with Gasteiger partial charge in [0, 0.05) is 51.5 Å². The minimum Gasteiger partial charge on any atom is -0.366 e. The zero-order valence-corrected chi connectivity index (χ0v) is 10.3. The summed E-state index contributed by atoms with van der Waals surface area (Å²) in [5.41, 5.74) is 1.52. The van der Waals surface area contributed by atoms with Crippen LogP contribution in [0.5, 0.6) is 0 Å². The van der Waals surface area contributed by atoms with E-state index in [1.807, 2.05) is 12.1 Å². The van der Waals surface area contributed by atoms with E-state index in [-0.39, 0.29) is 0 Å². The fraction of sp³-hybridized carbons (Fsp3) is 0.538. The van der Waals surface area contributed by atoms with Crippen LogP contribution in [-0.2, 0) is 0 Å².